The lowest BCUT2D eigenvalue weighted by Crippen LogP contribution is -2.22. The molecule has 0 saturated heterocycles. The van der Waals surface area contributed by atoms with E-state index in [4.69, 9.17) is 16.7 Å². The molecule has 0 aliphatic carbocycles. The minimum absolute atomic E-state index is 0.180. The summed E-state index contributed by atoms with van der Waals surface area (Å²) in [4.78, 5) is 10.4. The molecule has 15 heavy (non-hydrogen) atoms. The van der Waals surface area contributed by atoms with Crippen LogP contribution in [0.1, 0.15) is 22.0 Å². The van der Waals surface area contributed by atoms with Gasteiger partial charge < -0.3 is 15.3 Å². The summed E-state index contributed by atoms with van der Waals surface area (Å²) in [5, 5.41) is 27.6. The molecule has 0 bridgehead atoms. The Bertz CT molecular complexity index is 353. The van der Waals surface area contributed by atoms with E-state index in [1.807, 2.05) is 0 Å². The summed E-state index contributed by atoms with van der Waals surface area (Å²) >= 11 is 5.79. The summed E-state index contributed by atoms with van der Waals surface area (Å²) in [5.74, 6) is 0. The molecule has 0 aliphatic heterocycles. The Hall–Kier alpha value is -0.940. The monoisotopic (exact) mass is 230 g/mol. The lowest BCUT2D eigenvalue weighted by Gasteiger charge is -2.17. The highest BCUT2D eigenvalue weighted by molar-refractivity contribution is 6.31. The second-order valence-electron chi connectivity index (χ2n) is 3.09. The van der Waals surface area contributed by atoms with Crippen LogP contribution in [0.15, 0.2) is 18.2 Å². The molecule has 2 atom stereocenters. The van der Waals surface area contributed by atoms with E-state index in [1.165, 1.54) is 18.2 Å². The van der Waals surface area contributed by atoms with Gasteiger partial charge in [-0.25, -0.2) is 0 Å². The van der Waals surface area contributed by atoms with Crippen LogP contribution in [-0.4, -0.2) is 34.3 Å². The molecule has 1 aromatic rings. The standard InChI is InChI=1S/C10H11ClO4/c11-8-3-6(4-12)1-2-7(8)10(15)9(14)5-13/h1-4,9-10,13-15H,5H2. The maximum absolute atomic E-state index is 10.4. The Labute approximate surface area is 91.7 Å². The van der Waals surface area contributed by atoms with Gasteiger partial charge in [-0.3, -0.25) is 4.79 Å². The molecular formula is C10H11ClO4. The minimum Gasteiger partial charge on any atom is -0.394 e. The van der Waals surface area contributed by atoms with E-state index in [1.54, 1.807) is 0 Å². The number of aliphatic hydroxyl groups is 3. The predicted octanol–water partition coefficient (Wildman–Crippen LogP) is 0.539. The van der Waals surface area contributed by atoms with Crippen molar-refractivity contribution in [3.05, 3.63) is 34.3 Å². The Morgan fingerprint density at radius 1 is 1.40 bits per heavy atom. The topological polar surface area (TPSA) is 77.8 Å². The van der Waals surface area contributed by atoms with Crippen molar-refractivity contribution in [1.82, 2.24) is 0 Å². The molecule has 4 nitrogen and oxygen atoms in total. The minimum atomic E-state index is -1.29. The fraction of sp³-hybridized carbons (Fsp3) is 0.300. The Balaban J connectivity index is 2.99. The van der Waals surface area contributed by atoms with E-state index in [2.05, 4.69) is 0 Å². The molecule has 0 saturated carbocycles. The average Bonchev–Trinajstić information content (AvgIpc) is 2.26. The van der Waals surface area contributed by atoms with Gasteiger partial charge in [0.1, 0.15) is 18.5 Å². The third kappa shape index (κ3) is 2.76. The summed E-state index contributed by atoms with van der Waals surface area (Å²) in [6.45, 7) is -0.563. The molecule has 1 aromatic carbocycles. The average molecular weight is 231 g/mol. The first kappa shape index (κ1) is 12.1. The number of aldehydes is 1. The van der Waals surface area contributed by atoms with Crippen LogP contribution in [0.5, 0.6) is 0 Å². The summed E-state index contributed by atoms with van der Waals surface area (Å²) in [6, 6.07) is 4.30. The lowest BCUT2D eigenvalue weighted by atomic mass is 10.0. The molecule has 0 aliphatic rings. The maximum atomic E-state index is 10.4. The van der Waals surface area contributed by atoms with Gasteiger partial charge in [-0.2, -0.15) is 0 Å². The molecule has 5 heteroatoms. The molecule has 2 unspecified atom stereocenters. The third-order valence-electron chi connectivity index (χ3n) is 2.03. The summed E-state index contributed by atoms with van der Waals surface area (Å²) in [7, 11) is 0. The SMILES string of the molecule is O=Cc1ccc(C(O)C(O)CO)c(Cl)c1. The van der Waals surface area contributed by atoms with Crippen LogP contribution in [0, 0.1) is 0 Å². The summed E-state index contributed by atoms with van der Waals surface area (Å²) in [5.41, 5.74) is 0.665. The van der Waals surface area contributed by atoms with Crippen molar-refractivity contribution >= 4 is 17.9 Å². The Kier molecular flexibility index (Phi) is 4.23. The molecule has 0 spiro atoms. The van der Waals surface area contributed by atoms with Gasteiger partial charge in [0, 0.05) is 16.1 Å². The van der Waals surface area contributed by atoms with Crippen molar-refractivity contribution in [2.45, 2.75) is 12.2 Å². The van der Waals surface area contributed by atoms with Crippen molar-refractivity contribution in [2.75, 3.05) is 6.61 Å². The van der Waals surface area contributed by atoms with Gasteiger partial charge in [-0.05, 0) is 6.07 Å². The number of halogens is 1. The maximum Gasteiger partial charge on any atom is 0.150 e. The normalized spacial score (nSPS) is 14.7. The number of benzene rings is 1. The summed E-state index contributed by atoms with van der Waals surface area (Å²) in [6.07, 6.45) is -1.92. The fourth-order valence-electron chi connectivity index (χ4n) is 1.16. The highest BCUT2D eigenvalue weighted by atomic mass is 35.5. The van der Waals surface area contributed by atoms with Gasteiger partial charge in [0.15, 0.2) is 0 Å². The predicted molar refractivity (Wildman–Crippen MR) is 54.9 cm³/mol. The molecule has 0 fully saturated rings. The molecule has 0 aromatic heterocycles. The van der Waals surface area contributed by atoms with Crippen LogP contribution < -0.4 is 0 Å². The van der Waals surface area contributed by atoms with Crippen molar-refractivity contribution in [1.29, 1.82) is 0 Å². The van der Waals surface area contributed by atoms with Crippen LogP contribution in [0.3, 0.4) is 0 Å². The first-order valence-corrected chi connectivity index (χ1v) is 4.69. The number of carbonyl (C=O) groups excluding carboxylic acids is 1. The lowest BCUT2D eigenvalue weighted by molar-refractivity contribution is -0.0152. The Morgan fingerprint density at radius 2 is 2.07 bits per heavy atom. The van der Waals surface area contributed by atoms with Crippen molar-refractivity contribution in [2.24, 2.45) is 0 Å². The van der Waals surface area contributed by atoms with Crippen molar-refractivity contribution in [3.8, 4) is 0 Å². The van der Waals surface area contributed by atoms with Crippen molar-refractivity contribution < 1.29 is 20.1 Å². The van der Waals surface area contributed by atoms with Gasteiger partial charge in [-0.15, -0.1) is 0 Å². The van der Waals surface area contributed by atoms with Crippen molar-refractivity contribution in [3.63, 3.8) is 0 Å². The van der Waals surface area contributed by atoms with Crippen LogP contribution in [-0.2, 0) is 0 Å². The highest BCUT2D eigenvalue weighted by Crippen LogP contribution is 2.25. The first-order valence-electron chi connectivity index (χ1n) is 4.31. The Morgan fingerprint density at radius 3 is 2.53 bits per heavy atom. The van der Waals surface area contributed by atoms with Crippen LogP contribution >= 0.6 is 11.6 Å². The van der Waals surface area contributed by atoms with Crippen LogP contribution in [0.4, 0.5) is 0 Å². The first-order chi connectivity index (χ1) is 7.10. The molecule has 0 radical (unpaired) electrons. The second-order valence-corrected chi connectivity index (χ2v) is 3.50. The zero-order valence-electron chi connectivity index (χ0n) is 7.80. The van der Waals surface area contributed by atoms with E-state index in [0.717, 1.165) is 0 Å². The zero-order chi connectivity index (χ0) is 11.4. The quantitative estimate of drug-likeness (QED) is 0.660. The van der Waals surface area contributed by atoms with E-state index >= 15 is 0 Å². The number of hydrogen-bond donors (Lipinski definition) is 3. The molecule has 0 amide bonds. The molecule has 1 rings (SSSR count). The third-order valence-corrected chi connectivity index (χ3v) is 2.36. The van der Waals surface area contributed by atoms with Crippen LogP contribution in [0.2, 0.25) is 5.02 Å². The molecule has 82 valence electrons. The van der Waals surface area contributed by atoms with E-state index in [0.29, 0.717) is 11.8 Å². The molecule has 0 heterocycles. The molecular weight excluding hydrogens is 220 g/mol. The van der Waals surface area contributed by atoms with E-state index in [9.17, 15) is 15.0 Å². The van der Waals surface area contributed by atoms with Gasteiger partial charge >= 0.3 is 0 Å². The second kappa shape index (κ2) is 5.23. The smallest absolute Gasteiger partial charge is 0.150 e. The zero-order valence-corrected chi connectivity index (χ0v) is 8.55. The van der Waals surface area contributed by atoms with E-state index in [-0.39, 0.29) is 10.6 Å². The van der Waals surface area contributed by atoms with Gasteiger partial charge in [0.2, 0.25) is 0 Å². The number of aliphatic hydroxyl groups excluding tert-OH is 3. The largest absolute Gasteiger partial charge is 0.394 e. The van der Waals surface area contributed by atoms with Gasteiger partial charge in [0.05, 0.1) is 6.61 Å². The number of rotatable bonds is 4. The summed E-state index contributed by atoms with van der Waals surface area (Å²) < 4.78 is 0. The van der Waals surface area contributed by atoms with E-state index < -0.39 is 18.8 Å². The fourth-order valence-corrected chi connectivity index (χ4v) is 1.46. The number of carbonyl (C=O) groups is 1. The highest BCUT2D eigenvalue weighted by Gasteiger charge is 2.19. The van der Waals surface area contributed by atoms with Crippen LogP contribution in [0.25, 0.3) is 0 Å². The molecule has 3 N–H and O–H groups in total. The van der Waals surface area contributed by atoms with Gasteiger partial charge in [-0.1, -0.05) is 23.7 Å². The number of hydrogen-bond acceptors (Lipinski definition) is 4. The van der Waals surface area contributed by atoms with Gasteiger partial charge in [0.25, 0.3) is 0 Å².